The van der Waals surface area contributed by atoms with Crippen molar-refractivity contribution >= 4 is 12.0 Å². The van der Waals surface area contributed by atoms with Gasteiger partial charge in [-0.05, 0) is 19.3 Å². The first-order valence-corrected chi connectivity index (χ1v) is 8.77. The number of fused-ring (bicyclic) bond motifs is 4. The molecular formula is C17H22N6O2. The first-order chi connectivity index (χ1) is 12.2. The molecule has 0 spiro atoms. The average molecular weight is 342 g/mol. The minimum Gasteiger partial charge on any atom is -0.368 e. The van der Waals surface area contributed by atoms with Crippen molar-refractivity contribution in [2.24, 2.45) is 0 Å². The van der Waals surface area contributed by atoms with E-state index in [1.54, 1.807) is 6.20 Å². The van der Waals surface area contributed by atoms with Gasteiger partial charge in [0.15, 0.2) is 0 Å². The van der Waals surface area contributed by atoms with Gasteiger partial charge in [-0.2, -0.15) is 0 Å². The maximum Gasteiger partial charge on any atom is 0.318 e. The Morgan fingerprint density at radius 2 is 2.36 bits per heavy atom. The molecule has 8 nitrogen and oxygen atoms in total. The first kappa shape index (κ1) is 15.9. The number of piperidine rings is 1. The van der Waals surface area contributed by atoms with E-state index in [1.165, 1.54) is 0 Å². The van der Waals surface area contributed by atoms with E-state index in [-0.39, 0.29) is 18.1 Å². The van der Waals surface area contributed by atoms with Crippen molar-refractivity contribution in [3.8, 4) is 0 Å². The Kier molecular flexibility index (Phi) is 4.03. The van der Waals surface area contributed by atoms with E-state index in [0.717, 1.165) is 54.8 Å². The lowest BCUT2D eigenvalue weighted by Crippen LogP contribution is -2.53. The van der Waals surface area contributed by atoms with E-state index < -0.39 is 0 Å². The van der Waals surface area contributed by atoms with E-state index in [1.807, 2.05) is 17.9 Å². The molecule has 0 aliphatic carbocycles. The van der Waals surface area contributed by atoms with Crippen LogP contribution >= 0.6 is 0 Å². The van der Waals surface area contributed by atoms with Crippen LogP contribution in [-0.4, -0.2) is 32.1 Å². The second kappa shape index (κ2) is 6.34. The van der Waals surface area contributed by atoms with E-state index >= 15 is 0 Å². The van der Waals surface area contributed by atoms with E-state index in [9.17, 15) is 4.79 Å². The molecule has 25 heavy (non-hydrogen) atoms. The van der Waals surface area contributed by atoms with Gasteiger partial charge in [-0.25, -0.2) is 14.8 Å². The molecule has 2 atom stereocenters. The summed E-state index contributed by atoms with van der Waals surface area (Å²) in [7, 11) is 0. The molecule has 2 aromatic heterocycles. The summed E-state index contributed by atoms with van der Waals surface area (Å²) in [6.45, 7) is 2.37. The van der Waals surface area contributed by atoms with Gasteiger partial charge in [0, 0.05) is 36.7 Å². The molecule has 0 saturated carbocycles. The molecule has 0 aromatic carbocycles. The number of anilines is 1. The Morgan fingerprint density at radius 3 is 3.16 bits per heavy atom. The average Bonchev–Trinajstić information content (AvgIpc) is 3.07. The number of hydrogen-bond acceptors (Lipinski definition) is 6. The van der Waals surface area contributed by atoms with Gasteiger partial charge in [0.2, 0.25) is 5.95 Å². The highest BCUT2D eigenvalue weighted by Crippen LogP contribution is 2.41. The van der Waals surface area contributed by atoms with E-state index in [4.69, 9.17) is 10.3 Å². The van der Waals surface area contributed by atoms with Gasteiger partial charge in [0.1, 0.15) is 11.5 Å². The predicted octanol–water partition coefficient (Wildman–Crippen LogP) is 1.97. The van der Waals surface area contributed by atoms with Gasteiger partial charge in [0.05, 0.1) is 18.3 Å². The Labute approximate surface area is 145 Å². The Hall–Kier alpha value is -2.64. The van der Waals surface area contributed by atoms with Gasteiger partial charge >= 0.3 is 6.03 Å². The van der Waals surface area contributed by atoms with Gasteiger partial charge in [0.25, 0.3) is 0 Å². The molecule has 132 valence electrons. The Balaban J connectivity index is 1.51. The van der Waals surface area contributed by atoms with E-state index in [2.05, 4.69) is 20.4 Å². The smallest absolute Gasteiger partial charge is 0.318 e. The molecular weight excluding hydrogens is 320 g/mol. The van der Waals surface area contributed by atoms with Crippen LogP contribution in [0, 0.1) is 0 Å². The largest absolute Gasteiger partial charge is 0.368 e. The SMILES string of the molecule is CCc1cc(CNC(=O)N2C3CCCC2c2cnc(N)nc2C3)no1. The number of amides is 2. The lowest BCUT2D eigenvalue weighted by Gasteiger charge is -2.46. The predicted molar refractivity (Wildman–Crippen MR) is 90.5 cm³/mol. The van der Waals surface area contributed by atoms with Crippen molar-refractivity contribution < 1.29 is 9.32 Å². The highest BCUT2D eigenvalue weighted by Gasteiger charge is 2.41. The summed E-state index contributed by atoms with van der Waals surface area (Å²) in [5.74, 6) is 1.12. The Bertz CT molecular complexity index is 789. The maximum absolute atomic E-state index is 12.8. The zero-order valence-electron chi connectivity index (χ0n) is 14.2. The van der Waals surface area contributed by atoms with Gasteiger partial charge in [-0.3, -0.25) is 0 Å². The fourth-order valence-electron chi connectivity index (χ4n) is 3.86. The second-order valence-corrected chi connectivity index (χ2v) is 6.64. The second-order valence-electron chi connectivity index (χ2n) is 6.64. The first-order valence-electron chi connectivity index (χ1n) is 8.77. The van der Waals surface area contributed by atoms with Crippen LogP contribution in [-0.2, 0) is 19.4 Å². The molecule has 2 aliphatic rings. The summed E-state index contributed by atoms with van der Waals surface area (Å²) in [6.07, 6.45) is 6.31. The van der Waals surface area contributed by atoms with Crippen LogP contribution in [0.5, 0.6) is 0 Å². The molecule has 3 N–H and O–H groups in total. The number of hydrogen-bond donors (Lipinski definition) is 2. The van der Waals surface area contributed by atoms with Crippen molar-refractivity contribution in [1.82, 2.24) is 25.3 Å². The van der Waals surface area contributed by atoms with Crippen molar-refractivity contribution in [1.29, 1.82) is 0 Å². The number of urea groups is 1. The molecule has 4 rings (SSSR count). The zero-order valence-corrected chi connectivity index (χ0v) is 14.2. The van der Waals surface area contributed by atoms with Gasteiger partial charge in [-0.15, -0.1) is 0 Å². The van der Waals surface area contributed by atoms with Crippen LogP contribution in [0.15, 0.2) is 16.8 Å². The number of nitrogen functional groups attached to an aromatic ring is 1. The quantitative estimate of drug-likeness (QED) is 0.882. The van der Waals surface area contributed by atoms with Crippen LogP contribution in [0.3, 0.4) is 0 Å². The van der Waals surface area contributed by atoms with Crippen molar-refractivity contribution in [2.75, 3.05) is 5.73 Å². The fourth-order valence-corrected chi connectivity index (χ4v) is 3.86. The van der Waals surface area contributed by atoms with Crippen molar-refractivity contribution in [3.05, 3.63) is 35.0 Å². The van der Waals surface area contributed by atoms with Crippen LogP contribution in [0.2, 0.25) is 0 Å². The minimum absolute atomic E-state index is 0.0200. The lowest BCUT2D eigenvalue weighted by atomic mass is 9.83. The number of rotatable bonds is 3. The third-order valence-electron chi connectivity index (χ3n) is 5.06. The number of nitrogens with zero attached hydrogens (tertiary/aromatic N) is 4. The topological polar surface area (TPSA) is 110 Å². The van der Waals surface area contributed by atoms with E-state index in [0.29, 0.717) is 12.5 Å². The number of nitrogens with two attached hydrogens (primary N) is 1. The number of nitrogens with one attached hydrogen (secondary N) is 1. The highest BCUT2D eigenvalue weighted by atomic mass is 16.5. The molecule has 2 aliphatic heterocycles. The van der Waals surface area contributed by atoms with Crippen LogP contribution < -0.4 is 11.1 Å². The molecule has 2 aromatic rings. The summed E-state index contributed by atoms with van der Waals surface area (Å²) in [5.41, 5.74) is 8.47. The summed E-state index contributed by atoms with van der Waals surface area (Å²) >= 11 is 0. The number of aryl methyl sites for hydroxylation is 1. The maximum atomic E-state index is 12.8. The minimum atomic E-state index is -0.0711. The third kappa shape index (κ3) is 2.92. The highest BCUT2D eigenvalue weighted by molar-refractivity contribution is 5.75. The monoisotopic (exact) mass is 342 g/mol. The van der Waals surface area contributed by atoms with Crippen LogP contribution in [0.4, 0.5) is 10.7 Å². The Morgan fingerprint density at radius 1 is 1.48 bits per heavy atom. The molecule has 1 fully saturated rings. The molecule has 2 unspecified atom stereocenters. The summed E-state index contributed by atoms with van der Waals surface area (Å²) in [4.78, 5) is 23.3. The van der Waals surface area contributed by atoms with Gasteiger partial charge < -0.3 is 20.5 Å². The number of carbonyl (C=O) groups excluding carboxylic acids is 1. The normalized spacial score (nSPS) is 21.7. The molecule has 8 heteroatoms. The van der Waals surface area contributed by atoms with Crippen LogP contribution in [0.1, 0.15) is 54.9 Å². The van der Waals surface area contributed by atoms with Gasteiger partial charge in [-0.1, -0.05) is 12.1 Å². The van der Waals surface area contributed by atoms with Crippen LogP contribution in [0.25, 0.3) is 0 Å². The zero-order chi connectivity index (χ0) is 17.4. The standard InChI is InChI=1S/C17H22N6O2/c1-2-12-6-10(22-25-12)8-20-17(24)23-11-4-3-5-15(23)13-9-19-16(18)21-14(13)7-11/h6,9,11,15H,2-5,7-8H2,1H3,(H,20,24)(H2,18,19,21). The van der Waals surface area contributed by atoms with Crippen molar-refractivity contribution in [2.45, 2.75) is 57.7 Å². The number of aromatic nitrogens is 3. The molecule has 2 amide bonds. The lowest BCUT2D eigenvalue weighted by molar-refractivity contribution is 0.0947. The fraction of sp³-hybridized carbons (Fsp3) is 0.529. The summed E-state index contributed by atoms with van der Waals surface area (Å²) in [5, 5.41) is 6.96. The molecule has 1 saturated heterocycles. The number of carbonyl (C=O) groups is 1. The summed E-state index contributed by atoms with van der Waals surface area (Å²) < 4.78 is 5.18. The molecule has 2 bridgehead atoms. The third-order valence-corrected chi connectivity index (χ3v) is 5.06. The van der Waals surface area contributed by atoms with Crippen molar-refractivity contribution in [3.63, 3.8) is 0 Å². The molecule has 0 radical (unpaired) electrons. The molecule has 4 heterocycles. The summed E-state index contributed by atoms with van der Waals surface area (Å²) in [6, 6.07) is 1.98.